The van der Waals surface area contributed by atoms with Gasteiger partial charge in [0, 0.05) is 36.0 Å². The Labute approximate surface area is 154 Å². The van der Waals surface area contributed by atoms with Crippen molar-refractivity contribution in [3.05, 3.63) is 82.2 Å². The molecule has 4 rings (SSSR count). The van der Waals surface area contributed by atoms with Crippen LogP contribution >= 0.6 is 0 Å². The van der Waals surface area contributed by atoms with Gasteiger partial charge in [-0.05, 0) is 35.9 Å². The normalized spacial score (nSPS) is 11.4. The number of benzene rings is 2. The van der Waals surface area contributed by atoms with Crippen LogP contribution in [0.3, 0.4) is 0 Å². The monoisotopic (exact) mass is 357 g/mol. The van der Waals surface area contributed by atoms with E-state index in [1.807, 2.05) is 42.5 Å². The van der Waals surface area contributed by atoms with E-state index in [9.17, 15) is 14.9 Å². The molecule has 6 heteroatoms. The van der Waals surface area contributed by atoms with Gasteiger partial charge in [0.1, 0.15) is 0 Å². The van der Waals surface area contributed by atoms with Crippen molar-refractivity contribution in [1.82, 2.24) is 9.55 Å². The molecule has 0 radical (unpaired) electrons. The molecule has 0 unspecified atom stereocenters. The van der Waals surface area contributed by atoms with Crippen molar-refractivity contribution in [2.24, 2.45) is 0 Å². The molecule has 0 saturated heterocycles. The second-order valence-corrected chi connectivity index (χ2v) is 6.15. The number of carbonyl (C=O) groups excluding carboxylic acids is 1. The molecule has 0 aliphatic heterocycles. The lowest BCUT2D eigenvalue weighted by atomic mass is 10.1. The third-order valence-electron chi connectivity index (χ3n) is 4.46. The van der Waals surface area contributed by atoms with Crippen molar-refractivity contribution in [1.29, 1.82) is 0 Å². The zero-order chi connectivity index (χ0) is 19.0. The predicted molar refractivity (Wildman–Crippen MR) is 106 cm³/mol. The van der Waals surface area contributed by atoms with Crippen molar-refractivity contribution in [2.45, 2.75) is 6.92 Å². The summed E-state index contributed by atoms with van der Waals surface area (Å²) in [6.07, 6.45) is 5.37. The molecule has 2 aromatic heterocycles. The number of carbonyl (C=O) groups is 1. The zero-order valence-electron chi connectivity index (χ0n) is 14.5. The molecule has 4 aromatic rings. The molecular weight excluding hydrogens is 342 g/mol. The van der Waals surface area contributed by atoms with Gasteiger partial charge >= 0.3 is 0 Å². The number of hydrogen-bond acceptors (Lipinski definition) is 4. The number of nitro groups is 1. The third-order valence-corrected chi connectivity index (χ3v) is 4.46. The van der Waals surface area contributed by atoms with Gasteiger partial charge < -0.3 is 0 Å². The predicted octanol–water partition coefficient (Wildman–Crippen LogP) is 4.93. The van der Waals surface area contributed by atoms with E-state index in [1.165, 1.54) is 19.1 Å². The number of hydrogen-bond donors (Lipinski definition) is 0. The second-order valence-electron chi connectivity index (χ2n) is 6.15. The summed E-state index contributed by atoms with van der Waals surface area (Å²) < 4.78 is 1.67. The molecule has 0 atom stereocenters. The molecule has 6 nitrogen and oxygen atoms in total. The van der Waals surface area contributed by atoms with Gasteiger partial charge in [-0.25, -0.2) is 0 Å². The van der Waals surface area contributed by atoms with E-state index in [1.54, 1.807) is 22.9 Å². The quantitative estimate of drug-likeness (QED) is 0.385. The summed E-state index contributed by atoms with van der Waals surface area (Å²) in [4.78, 5) is 27.1. The van der Waals surface area contributed by atoms with Crippen molar-refractivity contribution < 1.29 is 9.72 Å². The number of non-ortho nitro benzene ring substituents is 1. The highest BCUT2D eigenvalue weighted by Gasteiger charge is 2.15. The summed E-state index contributed by atoms with van der Waals surface area (Å²) in [6, 6.07) is 15.9. The molecule has 2 aromatic carbocycles. The Hall–Kier alpha value is -3.80. The lowest BCUT2D eigenvalue weighted by Gasteiger charge is -2.04. The average molecular weight is 357 g/mol. The first kappa shape index (κ1) is 16.7. The minimum atomic E-state index is -0.429. The zero-order valence-corrected chi connectivity index (χ0v) is 14.5. The number of nitro benzene ring substituents is 1. The van der Waals surface area contributed by atoms with Crippen molar-refractivity contribution in [3.63, 3.8) is 0 Å². The fourth-order valence-electron chi connectivity index (χ4n) is 3.27. The number of pyridine rings is 1. The highest BCUT2D eigenvalue weighted by atomic mass is 16.6. The van der Waals surface area contributed by atoms with E-state index in [-0.39, 0.29) is 11.6 Å². The fraction of sp³-hybridized carbons (Fsp3) is 0.0476. The van der Waals surface area contributed by atoms with Gasteiger partial charge in [0.15, 0.2) is 0 Å². The van der Waals surface area contributed by atoms with E-state index in [0.717, 1.165) is 27.4 Å². The minimum absolute atomic E-state index is 0.0454. The largest absolute Gasteiger partial charge is 0.278 e. The first-order valence-corrected chi connectivity index (χ1v) is 8.38. The molecule has 0 bridgehead atoms. The summed E-state index contributed by atoms with van der Waals surface area (Å²) in [5.74, 6) is -0.0841. The first-order valence-electron chi connectivity index (χ1n) is 8.38. The lowest BCUT2D eigenvalue weighted by Crippen LogP contribution is -2.06. The molecule has 0 fully saturated rings. The summed E-state index contributed by atoms with van der Waals surface area (Å²) in [6.45, 7) is 1.53. The maximum atomic E-state index is 12.3. The Balaban J connectivity index is 1.87. The number of fused-ring (bicyclic) bond motifs is 3. The van der Waals surface area contributed by atoms with Gasteiger partial charge in [-0.1, -0.05) is 24.3 Å². The topological polar surface area (TPSA) is 78.0 Å². The summed E-state index contributed by atoms with van der Waals surface area (Å²) in [7, 11) is 0. The molecule has 0 saturated carbocycles. The summed E-state index contributed by atoms with van der Waals surface area (Å²) in [5.41, 5.74) is 3.12. The maximum Gasteiger partial charge on any atom is 0.269 e. The Morgan fingerprint density at radius 2 is 1.78 bits per heavy atom. The molecule has 2 heterocycles. The van der Waals surface area contributed by atoms with Crippen LogP contribution in [0.5, 0.6) is 0 Å². The van der Waals surface area contributed by atoms with E-state index < -0.39 is 4.92 Å². The van der Waals surface area contributed by atoms with Crippen molar-refractivity contribution in [3.8, 4) is 0 Å². The highest BCUT2D eigenvalue weighted by Crippen LogP contribution is 2.31. The molecule has 0 aliphatic rings. The van der Waals surface area contributed by atoms with E-state index >= 15 is 0 Å². The highest BCUT2D eigenvalue weighted by molar-refractivity contribution is 6.14. The molecule has 132 valence electrons. The van der Waals surface area contributed by atoms with Crippen molar-refractivity contribution in [2.75, 3.05) is 0 Å². The van der Waals surface area contributed by atoms with Gasteiger partial charge in [-0.3, -0.25) is 24.5 Å². The van der Waals surface area contributed by atoms with Gasteiger partial charge in [0.2, 0.25) is 5.91 Å². The molecule has 0 spiro atoms. The van der Waals surface area contributed by atoms with Crippen LogP contribution in [0.4, 0.5) is 5.69 Å². The first-order chi connectivity index (χ1) is 13.1. The number of nitrogens with zero attached hydrogens (tertiary/aromatic N) is 3. The van der Waals surface area contributed by atoms with Crippen LogP contribution in [0.25, 0.3) is 34.0 Å². The van der Waals surface area contributed by atoms with Crippen molar-refractivity contribution >= 4 is 45.6 Å². The number of rotatable bonds is 3. The van der Waals surface area contributed by atoms with Crippen LogP contribution in [-0.4, -0.2) is 20.4 Å². The van der Waals surface area contributed by atoms with Crippen LogP contribution in [0.2, 0.25) is 0 Å². The van der Waals surface area contributed by atoms with E-state index in [4.69, 9.17) is 0 Å². The maximum absolute atomic E-state index is 12.3. The summed E-state index contributed by atoms with van der Waals surface area (Å²) in [5, 5.41) is 12.7. The smallest absolute Gasteiger partial charge is 0.269 e. The van der Waals surface area contributed by atoms with E-state index in [0.29, 0.717) is 5.69 Å². The minimum Gasteiger partial charge on any atom is -0.278 e. The lowest BCUT2D eigenvalue weighted by molar-refractivity contribution is -0.384. The van der Waals surface area contributed by atoms with Crippen LogP contribution in [0.15, 0.2) is 60.8 Å². The third kappa shape index (κ3) is 2.87. The average Bonchev–Trinajstić information content (AvgIpc) is 3.02. The Kier molecular flexibility index (Phi) is 4.01. The van der Waals surface area contributed by atoms with Gasteiger partial charge in [0.25, 0.3) is 5.69 Å². The van der Waals surface area contributed by atoms with Crippen LogP contribution in [0.1, 0.15) is 23.0 Å². The number of aromatic nitrogens is 2. The van der Waals surface area contributed by atoms with Gasteiger partial charge in [-0.2, -0.15) is 0 Å². The Morgan fingerprint density at radius 1 is 1.04 bits per heavy atom. The standard InChI is InChI=1S/C21H15N3O3/c1-14(25)23-20-5-3-2-4-17(20)18-12-13-22-19(21(18)23)11-8-15-6-9-16(10-7-15)24(26)27/h2-13H,1H3/b11-8+. The fourth-order valence-corrected chi connectivity index (χ4v) is 3.27. The summed E-state index contributed by atoms with van der Waals surface area (Å²) >= 11 is 0. The van der Waals surface area contributed by atoms with Crippen LogP contribution in [0, 0.1) is 10.1 Å². The van der Waals surface area contributed by atoms with E-state index in [2.05, 4.69) is 4.98 Å². The second kappa shape index (κ2) is 6.49. The molecule has 27 heavy (non-hydrogen) atoms. The van der Waals surface area contributed by atoms with Gasteiger partial charge in [0.05, 0.1) is 21.7 Å². The number of para-hydroxylation sites is 1. The van der Waals surface area contributed by atoms with Gasteiger partial charge in [-0.15, -0.1) is 0 Å². The SMILES string of the molecule is CC(=O)n1c2ccccc2c2ccnc(/C=C/c3ccc([N+](=O)[O-])cc3)c21. The molecule has 0 N–H and O–H groups in total. The van der Waals surface area contributed by atoms with Crippen LogP contribution in [-0.2, 0) is 0 Å². The molecular formula is C21H15N3O3. The van der Waals surface area contributed by atoms with Crippen LogP contribution < -0.4 is 0 Å². The Bertz CT molecular complexity index is 1220. The Morgan fingerprint density at radius 3 is 2.48 bits per heavy atom. The molecule has 0 aliphatic carbocycles. The molecule has 0 amide bonds.